The summed E-state index contributed by atoms with van der Waals surface area (Å²) < 4.78 is 27.3. The number of rotatable bonds is 7. The lowest BCUT2D eigenvalue weighted by atomic mass is 10.1. The average molecular weight is 375 g/mol. The standard InChI is InChI=1S/C18H21N3O4S/c1-13(22)14-4-6-16(7-5-14)20-26(24,25)17-10-8-15(9-11-17)19-18(23)12-21(2)3/h4-11,20H,12H2,1-3H3,(H,19,23). The van der Waals surface area contributed by atoms with Gasteiger partial charge in [0.15, 0.2) is 5.78 Å². The third-order valence-electron chi connectivity index (χ3n) is 3.45. The molecule has 0 aliphatic carbocycles. The van der Waals surface area contributed by atoms with Gasteiger partial charge in [0.25, 0.3) is 10.0 Å². The summed E-state index contributed by atoms with van der Waals surface area (Å²) in [4.78, 5) is 24.8. The third kappa shape index (κ3) is 5.40. The fraction of sp³-hybridized carbons (Fsp3) is 0.222. The van der Waals surface area contributed by atoms with Crippen LogP contribution in [0.15, 0.2) is 53.4 Å². The Kier molecular flexibility index (Phi) is 6.12. The first-order valence-electron chi connectivity index (χ1n) is 7.86. The summed E-state index contributed by atoms with van der Waals surface area (Å²) in [6, 6.07) is 12.1. The summed E-state index contributed by atoms with van der Waals surface area (Å²) in [5, 5.41) is 2.69. The van der Waals surface area contributed by atoms with Crippen molar-refractivity contribution in [3.8, 4) is 0 Å². The number of amides is 1. The highest BCUT2D eigenvalue weighted by Gasteiger charge is 2.14. The number of hydrogen-bond acceptors (Lipinski definition) is 5. The molecule has 0 radical (unpaired) electrons. The summed E-state index contributed by atoms with van der Waals surface area (Å²) in [7, 11) is -0.203. The first-order valence-corrected chi connectivity index (χ1v) is 9.34. The molecule has 2 N–H and O–H groups in total. The average Bonchev–Trinajstić information content (AvgIpc) is 2.54. The highest BCUT2D eigenvalue weighted by atomic mass is 32.2. The van der Waals surface area contributed by atoms with Gasteiger partial charge in [-0.2, -0.15) is 0 Å². The number of carbonyl (C=O) groups is 2. The number of sulfonamides is 1. The summed E-state index contributed by atoms with van der Waals surface area (Å²) in [5.41, 5.74) is 1.38. The Bertz CT molecular complexity index is 889. The third-order valence-corrected chi connectivity index (χ3v) is 4.85. The molecule has 2 aromatic rings. The van der Waals surface area contributed by atoms with Crippen molar-refractivity contribution in [1.29, 1.82) is 0 Å². The molecule has 7 nitrogen and oxygen atoms in total. The molecule has 26 heavy (non-hydrogen) atoms. The van der Waals surface area contributed by atoms with Gasteiger partial charge >= 0.3 is 0 Å². The molecule has 2 rings (SSSR count). The second kappa shape index (κ2) is 8.11. The minimum absolute atomic E-state index is 0.0683. The van der Waals surface area contributed by atoms with Crippen molar-refractivity contribution in [1.82, 2.24) is 4.90 Å². The Morgan fingerprint density at radius 1 is 0.923 bits per heavy atom. The van der Waals surface area contributed by atoms with Crippen molar-refractivity contribution in [2.75, 3.05) is 30.7 Å². The van der Waals surface area contributed by atoms with E-state index in [1.807, 2.05) is 0 Å². The lowest BCUT2D eigenvalue weighted by Crippen LogP contribution is -2.27. The first-order chi connectivity index (χ1) is 12.2. The molecule has 0 heterocycles. The van der Waals surface area contributed by atoms with Gasteiger partial charge in [0.05, 0.1) is 11.4 Å². The maximum absolute atomic E-state index is 12.4. The van der Waals surface area contributed by atoms with Crippen LogP contribution in [0, 0.1) is 0 Å². The molecule has 0 spiro atoms. The van der Waals surface area contributed by atoms with E-state index in [-0.39, 0.29) is 23.1 Å². The number of carbonyl (C=O) groups excluding carboxylic acids is 2. The van der Waals surface area contributed by atoms with Crippen molar-refractivity contribution >= 4 is 33.1 Å². The van der Waals surface area contributed by atoms with E-state index in [0.717, 1.165) is 0 Å². The predicted octanol–water partition coefficient (Wildman–Crippen LogP) is 2.19. The number of Topliss-reactive ketones (excluding diaryl/α,β-unsaturated/α-hetero) is 1. The van der Waals surface area contributed by atoms with Gasteiger partial charge < -0.3 is 10.2 Å². The normalized spacial score (nSPS) is 11.2. The van der Waals surface area contributed by atoms with Crippen LogP contribution < -0.4 is 10.0 Å². The fourth-order valence-corrected chi connectivity index (χ4v) is 3.25. The van der Waals surface area contributed by atoms with Gasteiger partial charge in [-0.15, -0.1) is 0 Å². The Morgan fingerprint density at radius 3 is 1.96 bits per heavy atom. The van der Waals surface area contributed by atoms with E-state index >= 15 is 0 Å². The van der Waals surface area contributed by atoms with E-state index in [0.29, 0.717) is 16.9 Å². The Hall–Kier alpha value is -2.71. The van der Waals surface area contributed by atoms with Crippen molar-refractivity contribution < 1.29 is 18.0 Å². The van der Waals surface area contributed by atoms with E-state index in [4.69, 9.17) is 0 Å². The largest absolute Gasteiger partial charge is 0.325 e. The molecule has 138 valence electrons. The summed E-state index contributed by atoms with van der Waals surface area (Å²) in [5.74, 6) is -0.277. The zero-order valence-corrected chi connectivity index (χ0v) is 15.6. The molecule has 0 aromatic heterocycles. The SMILES string of the molecule is CC(=O)c1ccc(NS(=O)(=O)c2ccc(NC(=O)CN(C)C)cc2)cc1. The predicted molar refractivity (Wildman–Crippen MR) is 101 cm³/mol. The van der Waals surface area contributed by atoms with Crippen LogP contribution in [0.1, 0.15) is 17.3 Å². The van der Waals surface area contributed by atoms with Crippen LogP contribution in [-0.4, -0.2) is 45.6 Å². The summed E-state index contributed by atoms with van der Waals surface area (Å²) in [6.45, 7) is 1.68. The molecule has 0 fully saturated rings. The number of hydrogen-bond donors (Lipinski definition) is 2. The quantitative estimate of drug-likeness (QED) is 0.723. The van der Waals surface area contributed by atoms with Gasteiger partial charge in [-0.3, -0.25) is 14.3 Å². The van der Waals surface area contributed by atoms with Gasteiger partial charge in [0.1, 0.15) is 0 Å². The molecule has 0 atom stereocenters. The van der Waals surface area contributed by atoms with Crippen LogP contribution in [0.2, 0.25) is 0 Å². The molecule has 8 heteroatoms. The fourth-order valence-electron chi connectivity index (χ4n) is 2.19. The molecule has 0 unspecified atom stereocenters. The first kappa shape index (κ1) is 19.6. The Morgan fingerprint density at radius 2 is 1.46 bits per heavy atom. The monoisotopic (exact) mass is 375 g/mol. The molecular formula is C18H21N3O4S. The second-order valence-electron chi connectivity index (χ2n) is 6.05. The zero-order chi connectivity index (χ0) is 19.3. The smallest absolute Gasteiger partial charge is 0.261 e. The van der Waals surface area contributed by atoms with Gasteiger partial charge in [-0.05, 0) is 69.6 Å². The van der Waals surface area contributed by atoms with Crippen molar-refractivity contribution in [2.45, 2.75) is 11.8 Å². The highest BCUT2D eigenvalue weighted by Crippen LogP contribution is 2.19. The minimum Gasteiger partial charge on any atom is -0.325 e. The van der Waals surface area contributed by atoms with Crippen LogP contribution in [0.25, 0.3) is 0 Å². The van der Waals surface area contributed by atoms with Gasteiger partial charge in [-0.1, -0.05) is 0 Å². The van der Waals surface area contributed by atoms with E-state index in [9.17, 15) is 18.0 Å². The summed E-state index contributed by atoms with van der Waals surface area (Å²) in [6.07, 6.45) is 0. The van der Waals surface area contributed by atoms with E-state index < -0.39 is 10.0 Å². The summed E-state index contributed by atoms with van der Waals surface area (Å²) >= 11 is 0. The Labute approximate surface area is 153 Å². The molecule has 0 bridgehead atoms. The van der Waals surface area contributed by atoms with Crippen molar-refractivity contribution in [3.63, 3.8) is 0 Å². The maximum Gasteiger partial charge on any atom is 0.261 e. The molecule has 1 amide bonds. The topological polar surface area (TPSA) is 95.6 Å². The zero-order valence-electron chi connectivity index (χ0n) is 14.8. The molecule has 0 saturated heterocycles. The number of nitrogens with one attached hydrogen (secondary N) is 2. The molecule has 0 aliphatic rings. The molecular weight excluding hydrogens is 354 g/mol. The maximum atomic E-state index is 12.4. The van der Waals surface area contributed by atoms with E-state index in [1.165, 1.54) is 43.3 Å². The minimum atomic E-state index is -3.77. The molecule has 0 saturated carbocycles. The highest BCUT2D eigenvalue weighted by molar-refractivity contribution is 7.92. The van der Waals surface area contributed by atoms with Crippen LogP contribution in [-0.2, 0) is 14.8 Å². The van der Waals surface area contributed by atoms with Crippen LogP contribution in [0.4, 0.5) is 11.4 Å². The van der Waals surface area contributed by atoms with Gasteiger partial charge in [-0.25, -0.2) is 8.42 Å². The van der Waals surface area contributed by atoms with Crippen LogP contribution in [0.5, 0.6) is 0 Å². The van der Waals surface area contributed by atoms with Crippen molar-refractivity contribution in [2.24, 2.45) is 0 Å². The van der Waals surface area contributed by atoms with Crippen LogP contribution in [0.3, 0.4) is 0 Å². The van der Waals surface area contributed by atoms with Crippen molar-refractivity contribution in [3.05, 3.63) is 54.1 Å². The lowest BCUT2D eigenvalue weighted by molar-refractivity contribution is -0.116. The second-order valence-corrected chi connectivity index (χ2v) is 7.73. The van der Waals surface area contributed by atoms with Gasteiger partial charge in [0.2, 0.25) is 5.91 Å². The number of ketones is 1. The van der Waals surface area contributed by atoms with E-state index in [1.54, 1.807) is 31.1 Å². The number of anilines is 2. The number of nitrogens with zero attached hydrogens (tertiary/aromatic N) is 1. The lowest BCUT2D eigenvalue weighted by Gasteiger charge is -2.11. The molecule has 0 aliphatic heterocycles. The number of likely N-dealkylation sites (N-methyl/N-ethyl adjacent to an activating group) is 1. The van der Waals surface area contributed by atoms with Crippen LogP contribution >= 0.6 is 0 Å². The Balaban J connectivity index is 2.09. The number of benzene rings is 2. The van der Waals surface area contributed by atoms with E-state index in [2.05, 4.69) is 10.0 Å². The molecule has 2 aromatic carbocycles. The van der Waals surface area contributed by atoms with Gasteiger partial charge in [0, 0.05) is 16.9 Å².